The first kappa shape index (κ1) is 6.96. The largest absolute Gasteiger partial charge is 0.310 e. The average molecular weight is 132 g/mol. The number of halogens is 1. The maximum absolute atomic E-state index is 12.6. The van der Waals surface area contributed by atoms with Crippen LogP contribution in [0, 0.1) is 0 Å². The number of hydrogen-bond acceptors (Lipinski definition) is 2. The van der Waals surface area contributed by atoms with Gasteiger partial charge in [-0.05, 0) is 19.5 Å². The minimum absolute atomic E-state index is 0.0509. The first-order valence-corrected chi connectivity index (χ1v) is 3.45. The molecule has 1 rings (SSSR count). The van der Waals surface area contributed by atoms with Crippen molar-refractivity contribution in [2.24, 2.45) is 0 Å². The summed E-state index contributed by atoms with van der Waals surface area (Å²) in [6, 6.07) is 0.0509. The third kappa shape index (κ3) is 1.63. The Bertz CT molecular complexity index is 87.1. The summed E-state index contributed by atoms with van der Waals surface area (Å²) in [4.78, 5) is 0. The fraction of sp³-hybridized carbons (Fsp3) is 1.00. The van der Waals surface area contributed by atoms with Crippen LogP contribution in [-0.4, -0.2) is 25.4 Å². The Balaban J connectivity index is 2.22. The van der Waals surface area contributed by atoms with Crippen molar-refractivity contribution in [3.05, 3.63) is 0 Å². The van der Waals surface area contributed by atoms with Crippen LogP contribution >= 0.6 is 0 Å². The Morgan fingerprint density at radius 2 is 2.56 bits per heavy atom. The summed E-state index contributed by atoms with van der Waals surface area (Å²) in [7, 11) is 0. The zero-order valence-electron chi connectivity index (χ0n) is 5.65. The molecule has 1 heterocycles. The van der Waals surface area contributed by atoms with E-state index in [-0.39, 0.29) is 6.04 Å². The van der Waals surface area contributed by atoms with Gasteiger partial charge >= 0.3 is 0 Å². The molecule has 0 spiro atoms. The molecule has 0 aromatic heterocycles. The van der Waals surface area contributed by atoms with Crippen LogP contribution in [0.4, 0.5) is 4.39 Å². The highest BCUT2D eigenvalue weighted by molar-refractivity contribution is 4.81. The van der Waals surface area contributed by atoms with Crippen molar-refractivity contribution in [3.63, 3.8) is 0 Å². The number of nitrogens with one attached hydrogen (secondary N) is 2. The normalized spacial score (nSPS) is 35.3. The van der Waals surface area contributed by atoms with Crippen molar-refractivity contribution in [2.45, 2.75) is 25.7 Å². The Morgan fingerprint density at radius 3 is 3.00 bits per heavy atom. The molecule has 54 valence electrons. The Kier molecular flexibility index (Phi) is 2.42. The van der Waals surface area contributed by atoms with Crippen LogP contribution in [0.5, 0.6) is 0 Å². The summed E-state index contributed by atoms with van der Waals surface area (Å²) in [5.74, 6) is 0. The van der Waals surface area contributed by atoms with Crippen LogP contribution in [0.15, 0.2) is 0 Å². The van der Waals surface area contributed by atoms with Gasteiger partial charge in [0.05, 0.1) is 6.04 Å². The Morgan fingerprint density at radius 1 is 1.78 bits per heavy atom. The van der Waals surface area contributed by atoms with Crippen LogP contribution in [0.2, 0.25) is 0 Å². The smallest absolute Gasteiger partial charge is 0.166 e. The first-order valence-electron chi connectivity index (χ1n) is 3.45. The van der Waals surface area contributed by atoms with Crippen molar-refractivity contribution < 1.29 is 4.39 Å². The van der Waals surface area contributed by atoms with E-state index in [0.29, 0.717) is 0 Å². The molecular weight excluding hydrogens is 119 g/mol. The van der Waals surface area contributed by atoms with Gasteiger partial charge in [0.2, 0.25) is 0 Å². The van der Waals surface area contributed by atoms with Gasteiger partial charge in [0.25, 0.3) is 0 Å². The Hall–Kier alpha value is -0.150. The number of rotatable bonds is 2. The van der Waals surface area contributed by atoms with Gasteiger partial charge in [0, 0.05) is 0 Å². The van der Waals surface area contributed by atoms with Crippen LogP contribution in [-0.2, 0) is 0 Å². The van der Waals surface area contributed by atoms with E-state index in [4.69, 9.17) is 0 Å². The fourth-order valence-electron chi connectivity index (χ4n) is 1.13. The first-order chi connectivity index (χ1) is 4.34. The van der Waals surface area contributed by atoms with Gasteiger partial charge in [-0.3, -0.25) is 5.32 Å². The van der Waals surface area contributed by atoms with Crippen molar-refractivity contribution in [1.82, 2.24) is 10.6 Å². The van der Waals surface area contributed by atoms with E-state index >= 15 is 0 Å². The predicted molar refractivity (Wildman–Crippen MR) is 35.0 cm³/mol. The van der Waals surface area contributed by atoms with Gasteiger partial charge in [-0.1, -0.05) is 6.92 Å². The number of likely N-dealkylation sites (N-methyl/N-ethyl adjacent to an activating group) is 1. The molecule has 9 heavy (non-hydrogen) atoms. The lowest BCUT2D eigenvalue weighted by molar-refractivity contribution is 0.258. The lowest BCUT2D eigenvalue weighted by atomic mass is 10.2. The molecule has 2 atom stereocenters. The highest BCUT2D eigenvalue weighted by atomic mass is 19.1. The monoisotopic (exact) mass is 132 g/mol. The number of hydrogen-bond donors (Lipinski definition) is 2. The van der Waals surface area contributed by atoms with Crippen molar-refractivity contribution in [3.8, 4) is 0 Å². The second-order valence-corrected chi connectivity index (χ2v) is 2.31. The topological polar surface area (TPSA) is 24.1 Å². The molecule has 2 nitrogen and oxygen atoms in total. The SMILES string of the molecule is CCNC1CCNC1F. The standard InChI is InChI=1S/C6H13FN2/c1-2-8-5-3-4-9-6(5)7/h5-6,8-9H,2-4H2,1H3. The van der Waals surface area contributed by atoms with E-state index in [0.717, 1.165) is 19.5 Å². The lowest BCUT2D eigenvalue weighted by Gasteiger charge is -2.11. The average Bonchev–Trinajstić information content (AvgIpc) is 2.18. The summed E-state index contributed by atoms with van der Waals surface area (Å²) in [6.07, 6.45) is 0.0830. The summed E-state index contributed by atoms with van der Waals surface area (Å²) in [5.41, 5.74) is 0. The van der Waals surface area contributed by atoms with Crippen molar-refractivity contribution in [2.75, 3.05) is 13.1 Å². The minimum atomic E-state index is -0.829. The summed E-state index contributed by atoms with van der Waals surface area (Å²) < 4.78 is 12.6. The van der Waals surface area contributed by atoms with E-state index in [1.54, 1.807) is 0 Å². The van der Waals surface area contributed by atoms with E-state index in [1.807, 2.05) is 6.92 Å². The molecule has 0 saturated carbocycles. The van der Waals surface area contributed by atoms with E-state index in [2.05, 4.69) is 10.6 Å². The zero-order valence-corrected chi connectivity index (χ0v) is 5.65. The van der Waals surface area contributed by atoms with E-state index in [9.17, 15) is 4.39 Å². The second kappa shape index (κ2) is 3.13. The molecule has 2 unspecified atom stereocenters. The second-order valence-electron chi connectivity index (χ2n) is 2.31. The predicted octanol–water partition coefficient (Wildman–Crippen LogP) is 0.253. The zero-order chi connectivity index (χ0) is 6.69. The molecular formula is C6H13FN2. The van der Waals surface area contributed by atoms with Crippen LogP contribution in [0.25, 0.3) is 0 Å². The van der Waals surface area contributed by atoms with Crippen LogP contribution in [0.1, 0.15) is 13.3 Å². The minimum Gasteiger partial charge on any atom is -0.310 e. The quantitative estimate of drug-likeness (QED) is 0.526. The van der Waals surface area contributed by atoms with Crippen LogP contribution < -0.4 is 10.6 Å². The molecule has 1 aliphatic rings. The maximum Gasteiger partial charge on any atom is 0.166 e. The van der Waals surface area contributed by atoms with E-state index in [1.165, 1.54) is 0 Å². The van der Waals surface area contributed by atoms with Crippen molar-refractivity contribution in [1.29, 1.82) is 0 Å². The Labute approximate surface area is 54.8 Å². The molecule has 3 heteroatoms. The molecule has 0 aliphatic carbocycles. The third-order valence-electron chi connectivity index (χ3n) is 1.61. The summed E-state index contributed by atoms with van der Waals surface area (Å²) in [6.45, 7) is 3.65. The molecule has 0 radical (unpaired) electrons. The molecule has 0 aromatic carbocycles. The highest BCUT2D eigenvalue weighted by Crippen LogP contribution is 2.06. The molecule has 2 N–H and O–H groups in total. The molecule has 1 fully saturated rings. The molecule has 0 aromatic rings. The summed E-state index contributed by atoms with van der Waals surface area (Å²) in [5, 5.41) is 5.78. The molecule has 0 bridgehead atoms. The molecule has 0 amide bonds. The molecule has 1 saturated heterocycles. The third-order valence-corrected chi connectivity index (χ3v) is 1.61. The van der Waals surface area contributed by atoms with Crippen molar-refractivity contribution >= 4 is 0 Å². The van der Waals surface area contributed by atoms with Crippen LogP contribution in [0.3, 0.4) is 0 Å². The van der Waals surface area contributed by atoms with Gasteiger partial charge in [0.15, 0.2) is 6.30 Å². The van der Waals surface area contributed by atoms with Gasteiger partial charge in [-0.2, -0.15) is 0 Å². The maximum atomic E-state index is 12.6. The van der Waals surface area contributed by atoms with Gasteiger partial charge < -0.3 is 5.32 Å². The molecule has 1 aliphatic heterocycles. The van der Waals surface area contributed by atoms with Gasteiger partial charge in [0.1, 0.15) is 0 Å². The number of alkyl halides is 1. The van der Waals surface area contributed by atoms with E-state index < -0.39 is 6.30 Å². The van der Waals surface area contributed by atoms with Gasteiger partial charge in [-0.15, -0.1) is 0 Å². The van der Waals surface area contributed by atoms with Gasteiger partial charge in [-0.25, -0.2) is 4.39 Å². The lowest BCUT2D eigenvalue weighted by Crippen LogP contribution is -2.37. The fourth-order valence-corrected chi connectivity index (χ4v) is 1.13. The summed E-state index contributed by atoms with van der Waals surface area (Å²) >= 11 is 0. The highest BCUT2D eigenvalue weighted by Gasteiger charge is 2.24.